The maximum absolute atomic E-state index is 9.87. The van der Waals surface area contributed by atoms with E-state index in [4.69, 9.17) is 0 Å². The number of rotatable bonds is 3. The minimum absolute atomic E-state index is 0.500. The van der Waals surface area contributed by atoms with E-state index in [9.17, 15) is 9.18 Å². The Labute approximate surface area is 110 Å². The van der Waals surface area contributed by atoms with Crippen LogP contribution in [0.15, 0.2) is 30.3 Å². The third-order valence-corrected chi connectivity index (χ3v) is 1.94. The molecule has 0 atom stereocenters. The monoisotopic (exact) mass is 256 g/mol. The number of carbonyl (C=O) groups excluding carboxylic acids is 1. The van der Waals surface area contributed by atoms with Crippen molar-refractivity contribution in [2.75, 3.05) is 20.3 Å². The van der Waals surface area contributed by atoms with Gasteiger partial charge in [-0.3, -0.25) is 9.18 Å². The summed E-state index contributed by atoms with van der Waals surface area (Å²) >= 11 is 0. The Morgan fingerprint density at radius 2 is 1.67 bits per heavy atom. The fourth-order valence-corrected chi connectivity index (χ4v) is 0.932. The van der Waals surface area contributed by atoms with Crippen LogP contribution in [-0.4, -0.2) is 26.7 Å². The van der Waals surface area contributed by atoms with Crippen molar-refractivity contribution in [3.8, 4) is 0 Å². The second-order valence-electron chi connectivity index (χ2n) is 3.09. The Bertz CT molecular complexity index is 247. The normalized spacial score (nSPS) is 10.9. The average molecular weight is 256 g/mol. The number of halogens is 1. The highest BCUT2D eigenvalue weighted by Crippen LogP contribution is 1.95. The molecule has 1 saturated heterocycles. The molecule has 1 fully saturated rings. The molecule has 0 aromatic heterocycles. The summed E-state index contributed by atoms with van der Waals surface area (Å²) in [5.41, 5.74) is 1.12. The van der Waals surface area contributed by atoms with Gasteiger partial charge < -0.3 is 10.6 Å². The van der Waals surface area contributed by atoms with Crippen molar-refractivity contribution in [1.82, 2.24) is 10.6 Å². The minimum atomic E-state index is 0.500. The molecule has 1 amide bonds. The van der Waals surface area contributed by atoms with E-state index in [2.05, 4.69) is 10.6 Å². The molecule has 1 heterocycles. The zero-order valence-electron chi connectivity index (χ0n) is 11.6. The van der Waals surface area contributed by atoms with Crippen molar-refractivity contribution in [3.05, 3.63) is 35.9 Å². The summed E-state index contributed by atoms with van der Waals surface area (Å²) in [6.07, 6.45) is 2.09. The van der Waals surface area contributed by atoms with Gasteiger partial charge in [-0.1, -0.05) is 44.2 Å². The number of hydrogen-bond donors (Lipinski definition) is 2. The van der Waals surface area contributed by atoms with Gasteiger partial charge in [0.05, 0.1) is 7.18 Å². The molecule has 1 aromatic rings. The maximum Gasteiger partial charge on any atom is 0.207 e. The topological polar surface area (TPSA) is 41.1 Å². The van der Waals surface area contributed by atoms with Crippen LogP contribution in [0.3, 0.4) is 0 Å². The van der Waals surface area contributed by atoms with Crippen LogP contribution in [0.1, 0.15) is 25.8 Å². The maximum atomic E-state index is 9.87. The lowest BCUT2D eigenvalue weighted by Gasteiger charge is -2.09. The van der Waals surface area contributed by atoms with Gasteiger partial charge in [-0.25, -0.2) is 0 Å². The summed E-state index contributed by atoms with van der Waals surface area (Å²) in [6, 6.07) is 9.78. The highest BCUT2D eigenvalue weighted by molar-refractivity contribution is 5.46. The van der Waals surface area contributed by atoms with Crippen LogP contribution in [0, 0.1) is 0 Å². The third-order valence-electron chi connectivity index (χ3n) is 1.94. The molecule has 2 N–H and O–H groups in total. The fourth-order valence-electron chi connectivity index (χ4n) is 0.932. The van der Waals surface area contributed by atoms with Crippen LogP contribution < -0.4 is 10.6 Å². The van der Waals surface area contributed by atoms with Crippen LogP contribution in [0.2, 0.25) is 0 Å². The molecule has 0 unspecified atom stereocenters. The lowest BCUT2D eigenvalue weighted by Crippen LogP contribution is -2.29. The smallest absolute Gasteiger partial charge is 0.207 e. The Balaban J connectivity index is 0. The molecule has 4 heteroatoms. The average Bonchev–Trinajstić information content (AvgIpc) is 2.40. The van der Waals surface area contributed by atoms with Crippen LogP contribution in [0.4, 0.5) is 4.39 Å². The largest absolute Gasteiger partial charge is 0.355 e. The van der Waals surface area contributed by atoms with Crippen molar-refractivity contribution in [1.29, 1.82) is 0 Å². The molecule has 0 saturated carbocycles. The zero-order chi connectivity index (χ0) is 14.1. The van der Waals surface area contributed by atoms with Gasteiger partial charge >= 0.3 is 0 Å². The van der Waals surface area contributed by atoms with E-state index >= 15 is 0 Å². The second-order valence-corrected chi connectivity index (χ2v) is 3.09. The van der Waals surface area contributed by atoms with Gasteiger partial charge in [0.25, 0.3) is 0 Å². The molecule has 18 heavy (non-hydrogen) atoms. The van der Waals surface area contributed by atoms with E-state index in [0.717, 1.165) is 5.56 Å². The van der Waals surface area contributed by atoms with Crippen molar-refractivity contribution in [3.63, 3.8) is 0 Å². The lowest BCUT2D eigenvalue weighted by molar-refractivity contribution is -0.109. The van der Waals surface area contributed by atoms with Crippen molar-refractivity contribution in [2.24, 2.45) is 0 Å². The predicted molar refractivity (Wildman–Crippen MR) is 75.2 cm³/mol. The van der Waals surface area contributed by atoms with Gasteiger partial charge in [-0.15, -0.1) is 0 Å². The zero-order valence-corrected chi connectivity index (χ0v) is 11.6. The Morgan fingerprint density at radius 1 is 1.22 bits per heavy atom. The first-order valence-electron chi connectivity index (χ1n) is 6.23. The van der Waals surface area contributed by atoms with Crippen molar-refractivity contribution >= 4 is 6.41 Å². The molecular weight excluding hydrogens is 231 g/mol. The second kappa shape index (κ2) is 18.0. The molecule has 3 nitrogen and oxygen atoms in total. The first-order chi connectivity index (χ1) is 8.93. The highest BCUT2D eigenvalue weighted by Gasteiger charge is 1.92. The number of alkyl halides is 1. The molecule has 0 radical (unpaired) electrons. The van der Waals surface area contributed by atoms with E-state index in [-0.39, 0.29) is 0 Å². The number of nitrogens with one attached hydrogen (secondary N) is 2. The SMILES string of the molecule is C1CNC1.CC.CF.O=CNCc1ccccc1. The van der Waals surface area contributed by atoms with Gasteiger partial charge in [0.1, 0.15) is 0 Å². The van der Waals surface area contributed by atoms with Gasteiger partial charge in [-0.2, -0.15) is 0 Å². The van der Waals surface area contributed by atoms with Crippen LogP contribution >= 0.6 is 0 Å². The van der Waals surface area contributed by atoms with Crippen LogP contribution in [-0.2, 0) is 11.3 Å². The summed E-state index contributed by atoms with van der Waals surface area (Å²) in [7, 11) is 0.500. The lowest BCUT2D eigenvalue weighted by atomic mass is 10.2. The van der Waals surface area contributed by atoms with Gasteiger partial charge in [-0.05, 0) is 25.1 Å². The summed E-state index contributed by atoms with van der Waals surface area (Å²) in [6.45, 7) is 7.12. The molecule has 0 bridgehead atoms. The van der Waals surface area contributed by atoms with Crippen molar-refractivity contribution < 1.29 is 9.18 Å². The van der Waals surface area contributed by atoms with E-state index in [1.807, 2.05) is 44.2 Å². The molecule has 1 aromatic carbocycles. The Kier molecular flexibility index (Phi) is 18.9. The quantitative estimate of drug-likeness (QED) is 0.816. The number of carbonyl (C=O) groups is 1. The molecule has 104 valence electrons. The highest BCUT2D eigenvalue weighted by atomic mass is 19.1. The van der Waals surface area contributed by atoms with Gasteiger partial charge in [0.15, 0.2) is 0 Å². The number of benzene rings is 1. The first-order valence-corrected chi connectivity index (χ1v) is 6.23. The first kappa shape index (κ1) is 18.9. The van der Waals surface area contributed by atoms with E-state index < -0.39 is 0 Å². The van der Waals surface area contributed by atoms with E-state index in [1.165, 1.54) is 19.5 Å². The summed E-state index contributed by atoms with van der Waals surface area (Å²) < 4.78 is 9.50. The van der Waals surface area contributed by atoms with Crippen LogP contribution in [0.5, 0.6) is 0 Å². The number of amides is 1. The molecule has 2 rings (SSSR count). The molecule has 1 aliphatic heterocycles. The van der Waals surface area contributed by atoms with E-state index in [0.29, 0.717) is 20.1 Å². The summed E-state index contributed by atoms with van der Waals surface area (Å²) in [4.78, 5) is 9.87. The summed E-state index contributed by atoms with van der Waals surface area (Å²) in [5.74, 6) is 0. The van der Waals surface area contributed by atoms with Crippen LogP contribution in [0.25, 0.3) is 0 Å². The molecule has 0 aliphatic carbocycles. The van der Waals surface area contributed by atoms with Crippen molar-refractivity contribution in [2.45, 2.75) is 26.8 Å². The Hall–Kier alpha value is -1.42. The standard InChI is InChI=1S/C8H9NO.C3H7N.C2H6.CH3F/c10-7-9-6-8-4-2-1-3-5-8;1-2-4-3-1;2*1-2/h1-5,7H,6H2,(H,9,10);4H,1-3H2;1-2H3;1H3. The van der Waals surface area contributed by atoms with Gasteiger partial charge in [0.2, 0.25) is 6.41 Å². The number of hydrogen-bond acceptors (Lipinski definition) is 2. The molecular formula is C14H25FN2O. The summed E-state index contributed by atoms with van der Waals surface area (Å²) in [5, 5.41) is 5.70. The molecule has 0 spiro atoms. The minimum Gasteiger partial charge on any atom is -0.355 e. The fraction of sp³-hybridized carbons (Fsp3) is 0.500. The Morgan fingerprint density at radius 3 is 2.00 bits per heavy atom. The molecule has 1 aliphatic rings. The van der Waals surface area contributed by atoms with E-state index in [1.54, 1.807) is 0 Å². The third kappa shape index (κ3) is 12.6. The predicted octanol–water partition coefficient (Wildman–Crippen LogP) is 2.52. The van der Waals surface area contributed by atoms with Gasteiger partial charge in [0, 0.05) is 6.54 Å².